The van der Waals surface area contributed by atoms with Crippen molar-refractivity contribution in [1.82, 2.24) is 0 Å². The van der Waals surface area contributed by atoms with Crippen molar-refractivity contribution >= 4 is 21.5 Å². The molecule has 0 amide bonds. The first-order chi connectivity index (χ1) is 21.0. The highest BCUT2D eigenvalue weighted by atomic mass is 14.4. The van der Waals surface area contributed by atoms with Crippen LogP contribution in [0.2, 0.25) is 0 Å². The summed E-state index contributed by atoms with van der Waals surface area (Å²) in [5, 5.41) is 14.6. The Balaban J connectivity index is 1.38. The summed E-state index contributed by atoms with van der Waals surface area (Å²) < 4.78 is 0. The van der Waals surface area contributed by atoms with Gasteiger partial charge in [0.15, 0.2) is 0 Å². The molecule has 0 radical (unpaired) electrons. The van der Waals surface area contributed by atoms with Gasteiger partial charge in [-0.1, -0.05) is 129 Å². The van der Waals surface area contributed by atoms with E-state index in [-0.39, 0.29) is 5.41 Å². The molecule has 7 aromatic rings. The van der Waals surface area contributed by atoms with Crippen molar-refractivity contribution in [3.63, 3.8) is 0 Å². The molecule has 0 aliphatic heterocycles. The van der Waals surface area contributed by atoms with Gasteiger partial charge in [0.25, 0.3) is 0 Å². The maximum Gasteiger partial charge on any atom is 0.0991 e. The summed E-state index contributed by atoms with van der Waals surface area (Å²) in [6.45, 7) is 4.56. The third kappa shape index (κ3) is 3.84. The van der Waals surface area contributed by atoms with Gasteiger partial charge < -0.3 is 0 Å². The number of benzene rings is 7. The molecular formula is C42H29N. The molecular weight excluding hydrogens is 518 g/mol. The molecule has 0 heterocycles. The normalized spacial score (nSPS) is 13.0. The van der Waals surface area contributed by atoms with Crippen LogP contribution in [0.15, 0.2) is 140 Å². The standard InChI is InChI=1S/C42H29N/c1-42(2)38-23-27(26-43)19-21-32(38)33-22-20-31(25-39(33)42)41-36-17-8-6-15-34(36)40(35-16-7-9-18-37(35)41)30-14-10-13-29(24-30)28-11-4-3-5-12-28/h3-25H,1-2H3. The van der Waals surface area contributed by atoms with E-state index in [0.717, 1.165) is 0 Å². The van der Waals surface area contributed by atoms with Crippen molar-refractivity contribution in [2.45, 2.75) is 19.3 Å². The summed E-state index contributed by atoms with van der Waals surface area (Å²) in [5.74, 6) is 0. The smallest absolute Gasteiger partial charge is 0.0991 e. The fourth-order valence-electron chi connectivity index (χ4n) is 7.20. The van der Waals surface area contributed by atoms with E-state index in [0.29, 0.717) is 5.56 Å². The summed E-state index contributed by atoms with van der Waals surface area (Å²) in [6, 6.07) is 52.7. The van der Waals surface area contributed by atoms with Crippen LogP contribution in [0.1, 0.15) is 30.5 Å². The zero-order chi connectivity index (χ0) is 29.1. The number of hydrogen-bond donors (Lipinski definition) is 0. The second kappa shape index (κ2) is 9.55. The lowest BCUT2D eigenvalue weighted by molar-refractivity contribution is 0.660. The van der Waals surface area contributed by atoms with Gasteiger partial charge in [0.1, 0.15) is 0 Å². The van der Waals surface area contributed by atoms with E-state index < -0.39 is 0 Å². The second-order valence-electron chi connectivity index (χ2n) is 12.0. The minimum atomic E-state index is -0.197. The molecule has 0 unspecified atom stereocenters. The Labute approximate surface area is 252 Å². The van der Waals surface area contributed by atoms with E-state index >= 15 is 0 Å². The molecule has 0 spiro atoms. The topological polar surface area (TPSA) is 23.8 Å². The van der Waals surface area contributed by atoms with Crippen molar-refractivity contribution in [2.75, 3.05) is 0 Å². The van der Waals surface area contributed by atoms with Gasteiger partial charge >= 0.3 is 0 Å². The predicted octanol–water partition coefficient (Wildman–Crippen LogP) is 11.2. The highest BCUT2D eigenvalue weighted by molar-refractivity contribution is 6.21. The molecule has 0 fully saturated rings. The number of nitriles is 1. The molecule has 0 saturated heterocycles. The highest BCUT2D eigenvalue weighted by Gasteiger charge is 2.36. The highest BCUT2D eigenvalue weighted by Crippen LogP contribution is 2.51. The summed E-state index contributed by atoms with van der Waals surface area (Å²) in [6.07, 6.45) is 0. The van der Waals surface area contributed by atoms with Gasteiger partial charge in [0.05, 0.1) is 11.6 Å². The molecule has 0 atom stereocenters. The minimum Gasteiger partial charge on any atom is -0.192 e. The summed E-state index contributed by atoms with van der Waals surface area (Å²) in [7, 11) is 0. The van der Waals surface area contributed by atoms with Crippen molar-refractivity contribution in [3.8, 4) is 50.6 Å². The van der Waals surface area contributed by atoms with Crippen molar-refractivity contribution in [3.05, 3.63) is 156 Å². The molecule has 1 aliphatic carbocycles. The molecule has 7 aromatic carbocycles. The van der Waals surface area contributed by atoms with E-state index in [1.54, 1.807) is 0 Å². The zero-order valence-corrected chi connectivity index (χ0v) is 24.2. The van der Waals surface area contributed by atoms with Crippen LogP contribution in [0.4, 0.5) is 0 Å². The van der Waals surface area contributed by atoms with Gasteiger partial charge in [0, 0.05) is 5.41 Å². The molecule has 1 heteroatoms. The number of nitrogens with zero attached hydrogens (tertiary/aromatic N) is 1. The number of fused-ring (bicyclic) bond motifs is 5. The lowest BCUT2D eigenvalue weighted by Gasteiger charge is -2.23. The first-order valence-electron chi connectivity index (χ1n) is 14.8. The Kier molecular flexibility index (Phi) is 5.61. The molecule has 8 rings (SSSR count). The zero-order valence-electron chi connectivity index (χ0n) is 24.2. The van der Waals surface area contributed by atoms with Crippen LogP contribution in [0, 0.1) is 11.3 Å². The lowest BCUT2D eigenvalue weighted by atomic mass is 9.80. The average Bonchev–Trinajstić information content (AvgIpc) is 3.29. The van der Waals surface area contributed by atoms with E-state index in [1.165, 1.54) is 77.2 Å². The Morgan fingerprint density at radius 3 is 1.53 bits per heavy atom. The molecule has 1 aliphatic rings. The molecule has 0 N–H and O–H groups in total. The van der Waals surface area contributed by atoms with Crippen LogP contribution in [0.5, 0.6) is 0 Å². The maximum absolute atomic E-state index is 9.58. The maximum atomic E-state index is 9.58. The van der Waals surface area contributed by atoms with Gasteiger partial charge in [-0.25, -0.2) is 0 Å². The quantitative estimate of drug-likeness (QED) is 0.202. The SMILES string of the molecule is CC1(C)c2cc(C#N)ccc2-c2ccc(-c3c4ccccc4c(-c4cccc(-c5ccccc5)c4)c4ccccc34)cc21. The molecule has 0 aromatic heterocycles. The van der Waals surface area contributed by atoms with E-state index in [1.807, 2.05) is 6.07 Å². The van der Waals surface area contributed by atoms with Crippen LogP contribution in [0.25, 0.3) is 66.1 Å². The summed E-state index contributed by atoms with van der Waals surface area (Å²) in [5.41, 5.74) is 13.0. The number of hydrogen-bond acceptors (Lipinski definition) is 1. The van der Waals surface area contributed by atoms with Gasteiger partial charge in [-0.3, -0.25) is 0 Å². The van der Waals surface area contributed by atoms with Crippen LogP contribution in [-0.2, 0) is 5.41 Å². The van der Waals surface area contributed by atoms with E-state index in [2.05, 4.69) is 153 Å². The van der Waals surface area contributed by atoms with Crippen LogP contribution in [-0.4, -0.2) is 0 Å². The van der Waals surface area contributed by atoms with E-state index in [9.17, 15) is 5.26 Å². The molecule has 202 valence electrons. The first-order valence-corrected chi connectivity index (χ1v) is 14.8. The summed E-state index contributed by atoms with van der Waals surface area (Å²) in [4.78, 5) is 0. The Hall–Kier alpha value is -5.45. The first kappa shape index (κ1) is 25.3. The lowest BCUT2D eigenvalue weighted by Crippen LogP contribution is -2.15. The van der Waals surface area contributed by atoms with Crippen LogP contribution in [0.3, 0.4) is 0 Å². The summed E-state index contributed by atoms with van der Waals surface area (Å²) >= 11 is 0. The van der Waals surface area contributed by atoms with Crippen LogP contribution < -0.4 is 0 Å². The fourth-order valence-corrected chi connectivity index (χ4v) is 7.20. The number of rotatable bonds is 3. The molecule has 0 bridgehead atoms. The van der Waals surface area contributed by atoms with Gasteiger partial charge in [-0.15, -0.1) is 0 Å². The van der Waals surface area contributed by atoms with Crippen molar-refractivity contribution in [1.29, 1.82) is 5.26 Å². The average molecular weight is 548 g/mol. The van der Waals surface area contributed by atoms with E-state index in [4.69, 9.17) is 0 Å². The van der Waals surface area contributed by atoms with Crippen molar-refractivity contribution < 1.29 is 0 Å². The Morgan fingerprint density at radius 2 is 0.930 bits per heavy atom. The predicted molar refractivity (Wildman–Crippen MR) is 180 cm³/mol. The minimum absolute atomic E-state index is 0.197. The second-order valence-corrected chi connectivity index (χ2v) is 12.0. The van der Waals surface area contributed by atoms with Gasteiger partial charge in [-0.2, -0.15) is 5.26 Å². The molecule has 1 nitrogen and oxygen atoms in total. The fraction of sp³-hybridized carbons (Fsp3) is 0.0714. The largest absolute Gasteiger partial charge is 0.192 e. The third-order valence-corrected chi connectivity index (χ3v) is 9.28. The van der Waals surface area contributed by atoms with Crippen molar-refractivity contribution in [2.24, 2.45) is 0 Å². The monoisotopic (exact) mass is 547 g/mol. The third-order valence-electron chi connectivity index (χ3n) is 9.28. The molecule has 0 saturated carbocycles. The van der Waals surface area contributed by atoms with Gasteiger partial charge in [0.2, 0.25) is 0 Å². The Morgan fingerprint density at radius 1 is 0.442 bits per heavy atom. The molecule has 43 heavy (non-hydrogen) atoms. The Bertz CT molecular complexity index is 2210. The van der Waals surface area contributed by atoms with Gasteiger partial charge in [-0.05, 0) is 101 Å². The van der Waals surface area contributed by atoms with Crippen LogP contribution >= 0.6 is 0 Å².